The number of amides is 1. The molecule has 0 atom stereocenters. The molecular formula is C29H31N7O2. The van der Waals surface area contributed by atoms with E-state index in [2.05, 4.69) is 64.6 Å². The van der Waals surface area contributed by atoms with Crippen LogP contribution >= 0.6 is 0 Å². The number of nitrogen functional groups attached to an aromatic ring is 1. The molecule has 0 spiro atoms. The van der Waals surface area contributed by atoms with E-state index in [9.17, 15) is 4.79 Å². The number of carboxylic acid groups (broad SMARTS) is 1. The molecule has 1 amide bonds. The second-order valence-corrected chi connectivity index (χ2v) is 9.60. The van der Waals surface area contributed by atoms with Crippen molar-refractivity contribution in [1.29, 1.82) is 0 Å². The molecule has 2 aromatic carbocycles. The van der Waals surface area contributed by atoms with Crippen LogP contribution in [-0.2, 0) is 13.1 Å². The SMILES string of the molecule is CN(C)Cc1ccc(-c2cc3c(-c4cn(CCCNC(=O)O)nc4-c4ccc(N)cc4)ccnc3[nH]2)cc1. The fourth-order valence-corrected chi connectivity index (χ4v) is 4.60. The van der Waals surface area contributed by atoms with Crippen LogP contribution < -0.4 is 11.1 Å². The number of carbonyl (C=O) groups is 1. The molecule has 5 N–H and O–H groups in total. The third kappa shape index (κ3) is 5.52. The van der Waals surface area contributed by atoms with Gasteiger partial charge in [0.25, 0.3) is 0 Å². The average Bonchev–Trinajstić information content (AvgIpc) is 3.52. The van der Waals surface area contributed by atoms with Gasteiger partial charge in [-0.15, -0.1) is 0 Å². The number of hydrogen-bond donors (Lipinski definition) is 4. The van der Waals surface area contributed by atoms with Gasteiger partial charge in [-0.25, -0.2) is 9.78 Å². The second kappa shape index (κ2) is 10.8. The normalized spacial score (nSPS) is 11.3. The number of nitrogens with one attached hydrogen (secondary N) is 2. The minimum atomic E-state index is -1.02. The summed E-state index contributed by atoms with van der Waals surface area (Å²) >= 11 is 0. The van der Waals surface area contributed by atoms with Gasteiger partial charge in [-0.1, -0.05) is 36.4 Å². The zero-order chi connectivity index (χ0) is 26.6. The lowest BCUT2D eigenvalue weighted by atomic mass is 10.00. The van der Waals surface area contributed by atoms with Gasteiger partial charge in [-0.3, -0.25) is 4.68 Å². The summed E-state index contributed by atoms with van der Waals surface area (Å²) in [7, 11) is 4.12. The molecule has 0 fully saturated rings. The minimum absolute atomic E-state index is 0.357. The summed E-state index contributed by atoms with van der Waals surface area (Å²) in [4.78, 5) is 21.0. The topological polar surface area (TPSA) is 125 Å². The van der Waals surface area contributed by atoms with Crippen molar-refractivity contribution in [2.75, 3.05) is 26.4 Å². The average molecular weight is 510 g/mol. The van der Waals surface area contributed by atoms with Gasteiger partial charge in [0.15, 0.2) is 0 Å². The highest BCUT2D eigenvalue weighted by Crippen LogP contribution is 2.37. The predicted octanol–water partition coefficient (Wildman–Crippen LogP) is 5.06. The lowest BCUT2D eigenvalue weighted by Crippen LogP contribution is -2.22. The van der Waals surface area contributed by atoms with Crippen LogP contribution in [0.5, 0.6) is 0 Å². The number of pyridine rings is 1. The molecule has 0 aliphatic heterocycles. The molecule has 38 heavy (non-hydrogen) atoms. The highest BCUT2D eigenvalue weighted by atomic mass is 16.4. The van der Waals surface area contributed by atoms with Crippen molar-refractivity contribution in [1.82, 2.24) is 30.0 Å². The Morgan fingerprint density at radius 1 is 1.05 bits per heavy atom. The molecule has 0 aliphatic rings. The number of fused-ring (bicyclic) bond motifs is 1. The molecule has 5 aromatic rings. The molecule has 194 valence electrons. The van der Waals surface area contributed by atoms with E-state index < -0.39 is 6.09 Å². The van der Waals surface area contributed by atoms with Crippen LogP contribution in [0.3, 0.4) is 0 Å². The quantitative estimate of drug-likeness (QED) is 0.163. The van der Waals surface area contributed by atoms with Crippen molar-refractivity contribution in [3.05, 3.63) is 78.6 Å². The second-order valence-electron chi connectivity index (χ2n) is 9.60. The molecule has 9 heteroatoms. The monoisotopic (exact) mass is 509 g/mol. The summed E-state index contributed by atoms with van der Waals surface area (Å²) in [6, 6.07) is 20.4. The Hall–Kier alpha value is -4.63. The third-order valence-electron chi connectivity index (χ3n) is 6.37. The zero-order valence-electron chi connectivity index (χ0n) is 21.5. The lowest BCUT2D eigenvalue weighted by molar-refractivity contribution is 0.194. The highest BCUT2D eigenvalue weighted by molar-refractivity contribution is 5.99. The molecule has 0 radical (unpaired) electrons. The van der Waals surface area contributed by atoms with Crippen LogP contribution in [0.4, 0.5) is 10.5 Å². The first-order valence-electron chi connectivity index (χ1n) is 12.5. The van der Waals surface area contributed by atoms with E-state index in [1.54, 1.807) is 6.20 Å². The van der Waals surface area contributed by atoms with Gasteiger partial charge in [0, 0.05) is 59.9 Å². The van der Waals surface area contributed by atoms with Crippen molar-refractivity contribution >= 4 is 22.8 Å². The van der Waals surface area contributed by atoms with Crippen LogP contribution in [-0.4, -0.2) is 56.5 Å². The van der Waals surface area contributed by atoms with Gasteiger partial charge in [-0.05, 0) is 61.5 Å². The summed E-state index contributed by atoms with van der Waals surface area (Å²) in [6.45, 7) is 1.83. The number of anilines is 1. The van der Waals surface area contributed by atoms with Gasteiger partial charge in [0.1, 0.15) is 11.3 Å². The van der Waals surface area contributed by atoms with Gasteiger partial charge >= 0.3 is 6.09 Å². The maximum atomic E-state index is 10.8. The van der Waals surface area contributed by atoms with Crippen molar-refractivity contribution in [3.8, 4) is 33.6 Å². The Morgan fingerprint density at radius 3 is 2.50 bits per heavy atom. The molecule has 0 unspecified atom stereocenters. The minimum Gasteiger partial charge on any atom is -0.465 e. The maximum Gasteiger partial charge on any atom is 0.404 e. The Morgan fingerprint density at radius 2 is 1.79 bits per heavy atom. The van der Waals surface area contributed by atoms with E-state index >= 15 is 0 Å². The van der Waals surface area contributed by atoms with E-state index in [4.69, 9.17) is 15.9 Å². The van der Waals surface area contributed by atoms with Gasteiger partial charge in [0.05, 0.1) is 0 Å². The number of rotatable bonds is 9. The Bertz CT molecular complexity index is 1550. The lowest BCUT2D eigenvalue weighted by Gasteiger charge is -2.09. The van der Waals surface area contributed by atoms with Crippen molar-refractivity contribution in [3.63, 3.8) is 0 Å². The molecule has 0 aliphatic carbocycles. The van der Waals surface area contributed by atoms with Crippen molar-refractivity contribution in [2.24, 2.45) is 0 Å². The van der Waals surface area contributed by atoms with Gasteiger partial charge in [0.2, 0.25) is 0 Å². The first kappa shape index (κ1) is 25.0. The predicted molar refractivity (Wildman–Crippen MR) is 151 cm³/mol. The molecule has 5 rings (SSSR count). The molecule has 3 aromatic heterocycles. The summed E-state index contributed by atoms with van der Waals surface area (Å²) in [5.74, 6) is 0. The van der Waals surface area contributed by atoms with E-state index in [0.29, 0.717) is 25.2 Å². The summed E-state index contributed by atoms with van der Waals surface area (Å²) in [5, 5.41) is 17.1. The number of benzene rings is 2. The number of aromatic amines is 1. The molecule has 0 bridgehead atoms. The number of hydrogen-bond acceptors (Lipinski definition) is 5. The number of aromatic nitrogens is 4. The Labute approximate surface area is 220 Å². The molecule has 9 nitrogen and oxygen atoms in total. The number of H-pyrrole nitrogens is 1. The summed E-state index contributed by atoms with van der Waals surface area (Å²) < 4.78 is 1.87. The highest BCUT2D eigenvalue weighted by Gasteiger charge is 2.17. The maximum absolute atomic E-state index is 10.8. The molecular weight excluding hydrogens is 478 g/mol. The Balaban J connectivity index is 1.53. The number of nitrogens with zero attached hydrogens (tertiary/aromatic N) is 4. The summed E-state index contributed by atoms with van der Waals surface area (Å²) in [5.41, 5.74) is 14.5. The van der Waals surface area contributed by atoms with E-state index in [1.807, 2.05) is 41.2 Å². The number of nitrogens with two attached hydrogens (primary N) is 1. The van der Waals surface area contributed by atoms with Crippen molar-refractivity contribution in [2.45, 2.75) is 19.5 Å². The fourth-order valence-electron chi connectivity index (χ4n) is 4.60. The van der Waals surface area contributed by atoms with Crippen LogP contribution in [0.25, 0.3) is 44.7 Å². The van der Waals surface area contributed by atoms with Gasteiger partial charge in [-0.2, -0.15) is 5.10 Å². The first-order chi connectivity index (χ1) is 18.4. The molecule has 3 heterocycles. The summed E-state index contributed by atoms with van der Waals surface area (Å²) in [6.07, 6.45) is 3.42. The largest absolute Gasteiger partial charge is 0.465 e. The van der Waals surface area contributed by atoms with Crippen LogP contribution in [0.2, 0.25) is 0 Å². The first-order valence-corrected chi connectivity index (χ1v) is 12.5. The van der Waals surface area contributed by atoms with Crippen LogP contribution in [0.1, 0.15) is 12.0 Å². The van der Waals surface area contributed by atoms with E-state index in [1.165, 1.54) is 5.56 Å². The number of aryl methyl sites for hydroxylation is 1. The molecule has 0 saturated carbocycles. The van der Waals surface area contributed by atoms with E-state index in [0.717, 1.165) is 51.2 Å². The zero-order valence-corrected chi connectivity index (χ0v) is 21.5. The van der Waals surface area contributed by atoms with Crippen molar-refractivity contribution < 1.29 is 9.90 Å². The van der Waals surface area contributed by atoms with Crippen LogP contribution in [0, 0.1) is 0 Å². The fraction of sp³-hybridized carbons (Fsp3) is 0.207. The Kier molecular flexibility index (Phi) is 7.10. The smallest absolute Gasteiger partial charge is 0.404 e. The van der Waals surface area contributed by atoms with Crippen LogP contribution in [0.15, 0.2) is 73.1 Å². The molecule has 0 saturated heterocycles. The van der Waals surface area contributed by atoms with Gasteiger partial charge < -0.3 is 26.0 Å². The standard InChI is InChI=1S/C29H31N7O2/c1-35(2)17-19-4-6-20(7-5-19)26-16-24-23(12-14-31-28(24)33-26)25-18-36(15-3-13-32-29(37)38)34-27(25)21-8-10-22(30)11-9-21/h4-12,14,16,18,32H,3,13,15,17,30H2,1-2H3,(H,31,33)(H,37,38). The third-order valence-corrected chi connectivity index (χ3v) is 6.37. The van der Waals surface area contributed by atoms with E-state index in [-0.39, 0.29) is 0 Å².